The van der Waals surface area contributed by atoms with Crippen molar-refractivity contribution in [2.24, 2.45) is 7.05 Å². The number of aromatic nitrogens is 4. The van der Waals surface area contributed by atoms with Gasteiger partial charge in [-0.15, -0.1) is 5.10 Å². The number of benzene rings is 2. The van der Waals surface area contributed by atoms with Crippen LogP contribution in [0.15, 0.2) is 42.5 Å². The standard InChI is InChI=1S/C27H31ClN6O2/c1-18-14-20(6-7-23(18)28)17-33-12-10-22(11-13-33)34-24(8-9-26(34)36)25(35)16-19-4-3-5-21(15-19)27-29-30-31-32(27)2/h3-7,14-15,22,24H,8-13,16-17H2,1-2H3/t24-/m1/s1. The van der Waals surface area contributed by atoms with Crippen LogP contribution >= 0.6 is 11.6 Å². The summed E-state index contributed by atoms with van der Waals surface area (Å²) in [6, 6.07) is 13.7. The van der Waals surface area contributed by atoms with Gasteiger partial charge in [0.2, 0.25) is 5.91 Å². The first-order valence-electron chi connectivity index (χ1n) is 12.5. The number of Topliss-reactive ketones (excluding diaryl/α,β-unsaturated/α-hetero) is 1. The number of carbonyl (C=O) groups excluding carboxylic acids is 2. The summed E-state index contributed by atoms with van der Waals surface area (Å²) in [5.41, 5.74) is 4.12. The van der Waals surface area contributed by atoms with Crippen LogP contribution in [0.3, 0.4) is 0 Å². The number of carbonyl (C=O) groups is 2. The third-order valence-corrected chi connectivity index (χ3v) is 7.81. The molecule has 0 bridgehead atoms. The van der Waals surface area contributed by atoms with E-state index in [9.17, 15) is 9.59 Å². The van der Waals surface area contributed by atoms with E-state index in [2.05, 4.69) is 32.6 Å². The molecule has 1 aromatic heterocycles. The van der Waals surface area contributed by atoms with Crippen molar-refractivity contribution in [1.82, 2.24) is 30.0 Å². The Morgan fingerprint density at radius 3 is 2.61 bits per heavy atom. The largest absolute Gasteiger partial charge is 0.330 e. The van der Waals surface area contributed by atoms with Crippen LogP contribution < -0.4 is 0 Å². The predicted octanol–water partition coefficient (Wildman–Crippen LogP) is 3.61. The van der Waals surface area contributed by atoms with Crippen LogP contribution in [-0.2, 0) is 29.6 Å². The van der Waals surface area contributed by atoms with Crippen LogP contribution in [-0.4, -0.2) is 66.9 Å². The van der Waals surface area contributed by atoms with Crippen LogP contribution in [0.4, 0.5) is 0 Å². The van der Waals surface area contributed by atoms with Gasteiger partial charge in [0.15, 0.2) is 11.6 Å². The quantitative estimate of drug-likeness (QED) is 0.487. The molecule has 3 heterocycles. The van der Waals surface area contributed by atoms with Crippen LogP contribution in [0.5, 0.6) is 0 Å². The molecule has 9 heteroatoms. The molecule has 0 saturated carbocycles. The molecule has 5 rings (SSSR count). The van der Waals surface area contributed by atoms with Gasteiger partial charge in [0.05, 0.1) is 6.04 Å². The lowest BCUT2D eigenvalue weighted by molar-refractivity contribution is -0.137. The van der Waals surface area contributed by atoms with Crippen LogP contribution in [0.1, 0.15) is 42.4 Å². The predicted molar refractivity (Wildman–Crippen MR) is 137 cm³/mol. The fourth-order valence-corrected chi connectivity index (χ4v) is 5.63. The molecule has 0 unspecified atom stereocenters. The summed E-state index contributed by atoms with van der Waals surface area (Å²) < 4.78 is 1.61. The van der Waals surface area contributed by atoms with Gasteiger partial charge in [-0.1, -0.05) is 41.9 Å². The lowest BCUT2D eigenvalue weighted by Gasteiger charge is -2.39. The molecule has 1 atom stereocenters. The normalized spacial score (nSPS) is 19.2. The Balaban J connectivity index is 1.21. The summed E-state index contributed by atoms with van der Waals surface area (Å²) in [6.45, 7) is 4.71. The number of rotatable bonds is 7. The molecule has 2 fully saturated rings. The summed E-state index contributed by atoms with van der Waals surface area (Å²) in [5, 5.41) is 12.4. The maximum Gasteiger partial charge on any atom is 0.223 e. The highest BCUT2D eigenvalue weighted by molar-refractivity contribution is 6.31. The number of likely N-dealkylation sites (tertiary alicyclic amines) is 2. The Hall–Kier alpha value is -3.10. The van der Waals surface area contributed by atoms with Crippen molar-refractivity contribution in [1.29, 1.82) is 0 Å². The van der Waals surface area contributed by atoms with E-state index >= 15 is 0 Å². The summed E-state index contributed by atoms with van der Waals surface area (Å²) >= 11 is 6.17. The molecule has 36 heavy (non-hydrogen) atoms. The SMILES string of the molecule is Cc1cc(CN2CCC(N3C(=O)CC[C@@H]3C(=O)Cc3cccc(-c4nnnn4C)c3)CC2)ccc1Cl. The van der Waals surface area contributed by atoms with E-state index in [4.69, 9.17) is 11.6 Å². The molecule has 2 aliphatic heterocycles. The van der Waals surface area contributed by atoms with E-state index in [1.165, 1.54) is 5.56 Å². The van der Waals surface area contributed by atoms with E-state index in [0.29, 0.717) is 25.1 Å². The van der Waals surface area contributed by atoms with Gasteiger partial charge >= 0.3 is 0 Å². The molecule has 0 N–H and O–H groups in total. The third kappa shape index (κ3) is 5.20. The van der Waals surface area contributed by atoms with Gasteiger partial charge in [-0.05, 0) is 65.4 Å². The number of piperidine rings is 1. The maximum atomic E-state index is 13.4. The van der Waals surface area contributed by atoms with Crippen molar-refractivity contribution >= 4 is 23.3 Å². The highest BCUT2D eigenvalue weighted by atomic mass is 35.5. The second-order valence-corrected chi connectivity index (χ2v) is 10.3. The average Bonchev–Trinajstić information content (AvgIpc) is 3.47. The Morgan fingerprint density at radius 1 is 1.08 bits per heavy atom. The third-order valence-electron chi connectivity index (χ3n) is 7.39. The molecule has 8 nitrogen and oxygen atoms in total. The number of nitrogens with zero attached hydrogens (tertiary/aromatic N) is 6. The zero-order chi connectivity index (χ0) is 25.2. The van der Waals surface area contributed by atoms with Crippen LogP contribution in [0.2, 0.25) is 5.02 Å². The summed E-state index contributed by atoms with van der Waals surface area (Å²) in [5.74, 6) is 0.870. The number of tetrazole rings is 1. The van der Waals surface area contributed by atoms with Gasteiger partial charge in [-0.25, -0.2) is 4.68 Å². The Morgan fingerprint density at radius 2 is 1.89 bits per heavy atom. The van der Waals surface area contributed by atoms with Gasteiger partial charge in [-0.2, -0.15) is 0 Å². The summed E-state index contributed by atoms with van der Waals surface area (Å²) in [6.07, 6.45) is 3.12. The number of aryl methyl sites for hydroxylation is 2. The van der Waals surface area contributed by atoms with Gasteiger partial charge < -0.3 is 4.90 Å². The molecule has 188 valence electrons. The fourth-order valence-electron chi connectivity index (χ4n) is 5.51. The minimum Gasteiger partial charge on any atom is -0.330 e. The highest BCUT2D eigenvalue weighted by Crippen LogP contribution is 2.29. The van der Waals surface area contributed by atoms with Gasteiger partial charge in [0, 0.05) is 56.2 Å². The monoisotopic (exact) mass is 506 g/mol. The first-order chi connectivity index (χ1) is 17.4. The number of hydrogen-bond donors (Lipinski definition) is 0. The molecular formula is C27H31ClN6O2. The van der Waals surface area contributed by atoms with E-state index in [1.54, 1.807) is 11.7 Å². The minimum absolute atomic E-state index is 0.105. The molecule has 0 spiro atoms. The van der Waals surface area contributed by atoms with Crippen molar-refractivity contribution in [2.45, 2.75) is 57.7 Å². The van der Waals surface area contributed by atoms with E-state index in [-0.39, 0.29) is 23.8 Å². The Bertz CT molecular complexity index is 1270. The van der Waals surface area contributed by atoms with Gasteiger partial charge in [0.1, 0.15) is 0 Å². The van der Waals surface area contributed by atoms with Crippen LogP contribution in [0, 0.1) is 6.92 Å². The minimum atomic E-state index is -0.340. The lowest BCUT2D eigenvalue weighted by Crippen LogP contribution is -2.50. The lowest BCUT2D eigenvalue weighted by atomic mass is 9.97. The smallest absolute Gasteiger partial charge is 0.223 e. The first kappa shape index (κ1) is 24.6. The summed E-state index contributed by atoms with van der Waals surface area (Å²) in [4.78, 5) is 30.6. The molecular weight excluding hydrogens is 476 g/mol. The maximum absolute atomic E-state index is 13.4. The fraction of sp³-hybridized carbons (Fsp3) is 0.444. The van der Waals surface area contributed by atoms with Crippen molar-refractivity contribution in [3.05, 3.63) is 64.2 Å². The van der Waals surface area contributed by atoms with E-state index < -0.39 is 0 Å². The second-order valence-electron chi connectivity index (χ2n) is 9.92. The molecule has 2 saturated heterocycles. The molecule has 3 aromatic rings. The van der Waals surface area contributed by atoms with E-state index in [0.717, 1.165) is 54.2 Å². The Labute approximate surface area is 216 Å². The average molecular weight is 507 g/mol. The zero-order valence-corrected chi connectivity index (χ0v) is 21.5. The van der Waals surface area contributed by atoms with E-state index in [1.807, 2.05) is 42.2 Å². The van der Waals surface area contributed by atoms with Crippen molar-refractivity contribution < 1.29 is 9.59 Å². The van der Waals surface area contributed by atoms with Crippen molar-refractivity contribution in [2.75, 3.05) is 13.1 Å². The zero-order valence-electron chi connectivity index (χ0n) is 20.7. The van der Waals surface area contributed by atoms with Gasteiger partial charge in [-0.3, -0.25) is 14.5 Å². The van der Waals surface area contributed by atoms with Crippen molar-refractivity contribution in [3.8, 4) is 11.4 Å². The number of hydrogen-bond acceptors (Lipinski definition) is 6. The number of halogens is 1. The Kier molecular flexibility index (Phi) is 7.16. The first-order valence-corrected chi connectivity index (χ1v) is 12.9. The number of amides is 1. The number of ketones is 1. The van der Waals surface area contributed by atoms with Crippen LogP contribution in [0.25, 0.3) is 11.4 Å². The van der Waals surface area contributed by atoms with Gasteiger partial charge in [0.25, 0.3) is 0 Å². The molecule has 1 amide bonds. The highest BCUT2D eigenvalue weighted by Gasteiger charge is 2.40. The summed E-state index contributed by atoms with van der Waals surface area (Å²) in [7, 11) is 1.79. The molecule has 2 aliphatic rings. The molecule has 0 radical (unpaired) electrons. The molecule has 0 aliphatic carbocycles. The topological polar surface area (TPSA) is 84.2 Å². The molecule has 2 aromatic carbocycles. The van der Waals surface area contributed by atoms with Crippen molar-refractivity contribution in [3.63, 3.8) is 0 Å². The second kappa shape index (κ2) is 10.5.